The average Bonchev–Trinajstić information content (AvgIpc) is 2.87. The molecule has 2 heterocycles. The van der Waals surface area contributed by atoms with Crippen molar-refractivity contribution in [1.29, 1.82) is 0 Å². The van der Waals surface area contributed by atoms with E-state index < -0.39 is 0 Å². The van der Waals surface area contributed by atoms with Gasteiger partial charge in [0, 0.05) is 30.5 Å². The number of aromatic nitrogens is 3. The van der Waals surface area contributed by atoms with Gasteiger partial charge in [0.1, 0.15) is 5.82 Å². The summed E-state index contributed by atoms with van der Waals surface area (Å²) in [6.45, 7) is 5.69. The van der Waals surface area contributed by atoms with Gasteiger partial charge in [0.25, 0.3) is 0 Å². The van der Waals surface area contributed by atoms with Crippen LogP contribution in [-0.4, -0.2) is 21.3 Å². The van der Waals surface area contributed by atoms with Crippen LogP contribution in [0.15, 0.2) is 30.9 Å². The van der Waals surface area contributed by atoms with Crippen LogP contribution < -0.4 is 5.32 Å². The normalized spacial score (nSPS) is 12.6. The number of aryl methyl sites for hydroxylation is 1. The minimum absolute atomic E-state index is 0.0532. The monoisotopic (exact) mass is 262 g/mol. The third-order valence-electron chi connectivity index (χ3n) is 3.08. The van der Waals surface area contributed by atoms with Crippen LogP contribution in [0.4, 0.5) is 4.39 Å². The van der Waals surface area contributed by atoms with E-state index in [0.29, 0.717) is 5.56 Å². The molecule has 0 spiro atoms. The summed E-state index contributed by atoms with van der Waals surface area (Å²) in [5.74, 6) is -0.267. The van der Waals surface area contributed by atoms with Crippen LogP contribution in [0.2, 0.25) is 0 Å². The van der Waals surface area contributed by atoms with E-state index in [9.17, 15) is 4.39 Å². The Hall–Kier alpha value is -1.75. The highest BCUT2D eigenvalue weighted by molar-refractivity contribution is 5.20. The van der Waals surface area contributed by atoms with E-state index >= 15 is 0 Å². The second-order valence-electron chi connectivity index (χ2n) is 4.42. The lowest BCUT2D eigenvalue weighted by Gasteiger charge is -2.18. The number of pyridine rings is 1. The third-order valence-corrected chi connectivity index (χ3v) is 3.08. The van der Waals surface area contributed by atoms with Gasteiger partial charge in [0.15, 0.2) is 0 Å². The van der Waals surface area contributed by atoms with Gasteiger partial charge in [-0.1, -0.05) is 6.92 Å². The van der Waals surface area contributed by atoms with Crippen LogP contribution in [0, 0.1) is 5.82 Å². The third kappa shape index (κ3) is 3.38. The smallest absolute Gasteiger partial charge is 0.146 e. The molecule has 0 saturated heterocycles. The number of hydrogen-bond acceptors (Lipinski definition) is 3. The molecule has 0 fully saturated rings. The van der Waals surface area contributed by atoms with Crippen molar-refractivity contribution in [3.63, 3.8) is 0 Å². The zero-order chi connectivity index (χ0) is 13.7. The molecular weight excluding hydrogens is 243 g/mol. The van der Waals surface area contributed by atoms with Crippen LogP contribution in [0.25, 0.3) is 0 Å². The first kappa shape index (κ1) is 13.7. The fourth-order valence-corrected chi connectivity index (χ4v) is 2.13. The molecule has 19 heavy (non-hydrogen) atoms. The summed E-state index contributed by atoms with van der Waals surface area (Å²) in [5, 5.41) is 7.56. The molecule has 1 atom stereocenters. The second kappa shape index (κ2) is 6.43. The maximum Gasteiger partial charge on any atom is 0.146 e. The number of rotatable bonds is 6. The zero-order valence-corrected chi connectivity index (χ0v) is 11.3. The predicted octanol–water partition coefficient (Wildman–Crippen LogP) is 2.33. The van der Waals surface area contributed by atoms with Gasteiger partial charge in [-0.25, -0.2) is 4.39 Å². The number of halogens is 1. The van der Waals surface area contributed by atoms with Gasteiger partial charge in [0.05, 0.1) is 12.4 Å². The number of nitrogens with zero attached hydrogens (tertiary/aromatic N) is 3. The topological polar surface area (TPSA) is 42.7 Å². The predicted molar refractivity (Wildman–Crippen MR) is 72.2 cm³/mol. The lowest BCUT2D eigenvalue weighted by Crippen LogP contribution is -2.23. The van der Waals surface area contributed by atoms with E-state index in [-0.39, 0.29) is 11.9 Å². The fraction of sp³-hybridized carbons (Fsp3) is 0.429. The highest BCUT2D eigenvalue weighted by atomic mass is 19.1. The highest BCUT2D eigenvalue weighted by Crippen LogP contribution is 2.20. The molecule has 0 aliphatic heterocycles. The standard InChI is InChI=1S/C14H19FN4/c1-3-17-14(12-5-6-16-9-13(12)15)7-11-8-18-19(4-2)10-11/h5-6,8-10,14,17H,3-4,7H2,1-2H3. The van der Waals surface area contributed by atoms with E-state index in [2.05, 4.69) is 15.4 Å². The lowest BCUT2D eigenvalue weighted by molar-refractivity contribution is 0.507. The summed E-state index contributed by atoms with van der Waals surface area (Å²) in [5.41, 5.74) is 1.75. The van der Waals surface area contributed by atoms with E-state index in [4.69, 9.17) is 0 Å². The molecule has 0 aliphatic carbocycles. The van der Waals surface area contributed by atoms with E-state index in [1.54, 1.807) is 12.3 Å². The van der Waals surface area contributed by atoms with Crippen LogP contribution >= 0.6 is 0 Å². The minimum atomic E-state index is -0.267. The van der Waals surface area contributed by atoms with Crippen molar-refractivity contribution >= 4 is 0 Å². The Morgan fingerprint density at radius 3 is 2.84 bits per heavy atom. The second-order valence-corrected chi connectivity index (χ2v) is 4.42. The maximum atomic E-state index is 13.8. The largest absolute Gasteiger partial charge is 0.310 e. The van der Waals surface area contributed by atoms with Crippen molar-refractivity contribution in [3.05, 3.63) is 47.8 Å². The van der Waals surface area contributed by atoms with Gasteiger partial charge in [-0.05, 0) is 31.5 Å². The maximum absolute atomic E-state index is 13.8. The van der Waals surface area contributed by atoms with E-state index in [1.165, 1.54) is 6.20 Å². The van der Waals surface area contributed by atoms with Crippen molar-refractivity contribution in [2.75, 3.05) is 6.54 Å². The Kier molecular flexibility index (Phi) is 4.63. The summed E-state index contributed by atoms with van der Waals surface area (Å²) in [7, 11) is 0. The van der Waals surface area contributed by atoms with E-state index in [0.717, 1.165) is 25.1 Å². The van der Waals surface area contributed by atoms with Crippen LogP contribution in [-0.2, 0) is 13.0 Å². The van der Waals surface area contributed by atoms with Gasteiger partial charge in [-0.3, -0.25) is 9.67 Å². The summed E-state index contributed by atoms with van der Waals surface area (Å²) < 4.78 is 15.7. The van der Waals surface area contributed by atoms with E-state index in [1.807, 2.05) is 30.9 Å². The summed E-state index contributed by atoms with van der Waals surface area (Å²) >= 11 is 0. The van der Waals surface area contributed by atoms with Gasteiger partial charge in [-0.15, -0.1) is 0 Å². The van der Waals surface area contributed by atoms with Crippen molar-refractivity contribution in [1.82, 2.24) is 20.1 Å². The Bertz CT molecular complexity index is 524. The van der Waals surface area contributed by atoms with Gasteiger partial charge >= 0.3 is 0 Å². The highest BCUT2D eigenvalue weighted by Gasteiger charge is 2.16. The molecular formula is C14H19FN4. The molecule has 102 valence electrons. The Balaban J connectivity index is 2.18. The number of hydrogen-bond donors (Lipinski definition) is 1. The summed E-state index contributed by atoms with van der Waals surface area (Å²) in [6, 6.07) is 1.68. The SMILES string of the molecule is CCNC(Cc1cnn(CC)c1)c1ccncc1F. The molecule has 0 aromatic carbocycles. The number of nitrogens with one attached hydrogen (secondary N) is 1. The van der Waals surface area contributed by atoms with Gasteiger partial charge in [0.2, 0.25) is 0 Å². The molecule has 4 nitrogen and oxygen atoms in total. The molecule has 0 radical (unpaired) electrons. The molecule has 2 aromatic rings. The molecule has 2 aromatic heterocycles. The van der Waals surface area contributed by atoms with Crippen molar-refractivity contribution in [2.45, 2.75) is 32.9 Å². The number of likely N-dealkylation sites (N-methyl/N-ethyl adjacent to an activating group) is 1. The molecule has 5 heteroatoms. The quantitative estimate of drug-likeness (QED) is 0.869. The lowest BCUT2D eigenvalue weighted by atomic mass is 10.0. The molecule has 1 N–H and O–H groups in total. The Morgan fingerprint density at radius 1 is 1.37 bits per heavy atom. The fourth-order valence-electron chi connectivity index (χ4n) is 2.13. The van der Waals surface area contributed by atoms with Crippen molar-refractivity contribution < 1.29 is 4.39 Å². The van der Waals surface area contributed by atoms with Crippen LogP contribution in [0.1, 0.15) is 31.0 Å². The minimum Gasteiger partial charge on any atom is -0.310 e. The van der Waals surface area contributed by atoms with Crippen LogP contribution in [0.3, 0.4) is 0 Å². The molecule has 1 unspecified atom stereocenters. The Morgan fingerprint density at radius 2 is 2.21 bits per heavy atom. The average molecular weight is 262 g/mol. The molecule has 0 bridgehead atoms. The first-order valence-electron chi connectivity index (χ1n) is 6.58. The van der Waals surface area contributed by atoms with Crippen LogP contribution in [0.5, 0.6) is 0 Å². The molecule has 0 aliphatic rings. The van der Waals surface area contributed by atoms with Crippen molar-refractivity contribution in [2.24, 2.45) is 0 Å². The first-order valence-corrected chi connectivity index (χ1v) is 6.58. The molecule has 0 saturated carbocycles. The first-order chi connectivity index (χ1) is 9.24. The van der Waals surface area contributed by atoms with Gasteiger partial charge < -0.3 is 5.32 Å². The molecule has 0 amide bonds. The van der Waals surface area contributed by atoms with Crippen molar-refractivity contribution in [3.8, 4) is 0 Å². The summed E-state index contributed by atoms with van der Waals surface area (Å²) in [6.07, 6.45) is 7.44. The summed E-state index contributed by atoms with van der Waals surface area (Å²) in [4.78, 5) is 3.79. The van der Waals surface area contributed by atoms with Gasteiger partial charge in [-0.2, -0.15) is 5.10 Å². The molecule has 2 rings (SSSR count). The Labute approximate surface area is 112 Å². The zero-order valence-electron chi connectivity index (χ0n) is 11.3.